The van der Waals surface area contributed by atoms with Gasteiger partial charge in [-0.2, -0.15) is 5.10 Å². The smallest absolute Gasteiger partial charge is 0.133 e. The number of aromatic nitrogens is 2. The van der Waals surface area contributed by atoms with Crippen molar-refractivity contribution in [2.24, 2.45) is 0 Å². The standard InChI is InChI=1S/C26H25N3/c1-21(28-26-18-19-27-29(26)25-10-6-3-7-11-25)20-24-16-14-23(15-17-24)13-12-22-8-4-2-5-9-22/h2-11,14-19,28H,1,12-13,20H2. The average Bonchev–Trinajstić information content (AvgIpc) is 3.22. The Labute approximate surface area is 172 Å². The quantitative estimate of drug-likeness (QED) is 0.418. The molecule has 4 rings (SSSR count). The van der Waals surface area contributed by atoms with Gasteiger partial charge in [-0.05, 0) is 41.7 Å². The summed E-state index contributed by atoms with van der Waals surface area (Å²) in [6.45, 7) is 4.21. The molecule has 0 bridgehead atoms. The van der Waals surface area contributed by atoms with E-state index in [2.05, 4.69) is 71.6 Å². The van der Waals surface area contributed by atoms with Crippen LogP contribution in [0.2, 0.25) is 0 Å². The predicted octanol–water partition coefficient (Wildman–Crippen LogP) is 5.83. The minimum Gasteiger partial charge on any atom is -0.344 e. The van der Waals surface area contributed by atoms with E-state index in [0.29, 0.717) is 0 Å². The summed E-state index contributed by atoms with van der Waals surface area (Å²) in [5.74, 6) is 0.917. The summed E-state index contributed by atoms with van der Waals surface area (Å²) in [5.41, 5.74) is 5.95. The Morgan fingerprint density at radius 3 is 2.00 bits per heavy atom. The highest BCUT2D eigenvalue weighted by Gasteiger charge is 2.06. The summed E-state index contributed by atoms with van der Waals surface area (Å²) < 4.78 is 1.89. The summed E-state index contributed by atoms with van der Waals surface area (Å²) in [6, 6.07) is 31.5. The number of allylic oxidation sites excluding steroid dienone is 1. The highest BCUT2D eigenvalue weighted by atomic mass is 15.3. The molecule has 0 aliphatic carbocycles. The molecule has 3 aromatic carbocycles. The van der Waals surface area contributed by atoms with E-state index in [-0.39, 0.29) is 0 Å². The number of hydrogen-bond donors (Lipinski definition) is 1. The average molecular weight is 380 g/mol. The van der Waals surface area contributed by atoms with Gasteiger partial charge in [-0.15, -0.1) is 0 Å². The topological polar surface area (TPSA) is 29.9 Å². The van der Waals surface area contributed by atoms with Crippen molar-refractivity contribution in [1.29, 1.82) is 0 Å². The van der Waals surface area contributed by atoms with Crippen molar-refractivity contribution in [3.8, 4) is 5.69 Å². The summed E-state index contributed by atoms with van der Waals surface area (Å²) >= 11 is 0. The lowest BCUT2D eigenvalue weighted by Gasteiger charge is -2.12. The third-order valence-electron chi connectivity index (χ3n) is 4.93. The fourth-order valence-electron chi connectivity index (χ4n) is 3.40. The number of aryl methyl sites for hydroxylation is 2. The zero-order chi connectivity index (χ0) is 19.9. The van der Waals surface area contributed by atoms with Crippen molar-refractivity contribution in [1.82, 2.24) is 9.78 Å². The molecule has 3 nitrogen and oxygen atoms in total. The van der Waals surface area contributed by atoms with Gasteiger partial charge < -0.3 is 5.32 Å². The van der Waals surface area contributed by atoms with Crippen LogP contribution in [0.4, 0.5) is 5.82 Å². The SMILES string of the molecule is C=C(Cc1ccc(CCc2ccccc2)cc1)Nc1ccnn1-c1ccccc1. The van der Waals surface area contributed by atoms with Crippen LogP contribution in [0, 0.1) is 0 Å². The second-order valence-corrected chi connectivity index (χ2v) is 7.17. The van der Waals surface area contributed by atoms with Gasteiger partial charge in [-0.3, -0.25) is 0 Å². The van der Waals surface area contributed by atoms with Gasteiger partial charge in [-0.1, -0.05) is 79.4 Å². The molecule has 0 aliphatic rings. The molecule has 0 unspecified atom stereocenters. The van der Waals surface area contributed by atoms with Gasteiger partial charge in [0.05, 0.1) is 11.9 Å². The fourth-order valence-corrected chi connectivity index (χ4v) is 3.40. The first-order chi connectivity index (χ1) is 14.3. The van der Waals surface area contributed by atoms with Crippen LogP contribution < -0.4 is 5.32 Å². The van der Waals surface area contributed by atoms with Crippen molar-refractivity contribution in [3.05, 3.63) is 126 Å². The van der Waals surface area contributed by atoms with Gasteiger partial charge in [0.15, 0.2) is 0 Å². The van der Waals surface area contributed by atoms with Crippen LogP contribution >= 0.6 is 0 Å². The second-order valence-electron chi connectivity index (χ2n) is 7.17. The molecule has 1 aromatic heterocycles. The molecule has 1 N–H and O–H groups in total. The monoisotopic (exact) mass is 379 g/mol. The largest absolute Gasteiger partial charge is 0.344 e. The first kappa shape index (κ1) is 18.8. The van der Waals surface area contributed by atoms with Crippen LogP contribution in [-0.2, 0) is 19.3 Å². The molecule has 0 saturated carbocycles. The molecule has 0 fully saturated rings. The lowest BCUT2D eigenvalue weighted by Crippen LogP contribution is -2.07. The molecular weight excluding hydrogens is 354 g/mol. The molecule has 29 heavy (non-hydrogen) atoms. The van der Waals surface area contributed by atoms with Gasteiger partial charge in [0.2, 0.25) is 0 Å². The summed E-state index contributed by atoms with van der Waals surface area (Å²) in [7, 11) is 0. The van der Waals surface area contributed by atoms with Gasteiger partial charge in [0.25, 0.3) is 0 Å². The zero-order valence-electron chi connectivity index (χ0n) is 16.5. The Morgan fingerprint density at radius 1 is 0.724 bits per heavy atom. The molecule has 3 heteroatoms. The van der Waals surface area contributed by atoms with Gasteiger partial charge in [0.1, 0.15) is 5.82 Å². The number of benzene rings is 3. The highest BCUT2D eigenvalue weighted by Crippen LogP contribution is 2.18. The first-order valence-corrected chi connectivity index (χ1v) is 9.94. The Bertz CT molecular complexity index is 1050. The van der Waals surface area contributed by atoms with Crippen LogP contribution in [0.5, 0.6) is 0 Å². The summed E-state index contributed by atoms with van der Waals surface area (Å²) in [5, 5.41) is 7.82. The molecular formula is C26H25N3. The van der Waals surface area contributed by atoms with E-state index in [9.17, 15) is 0 Å². The van der Waals surface area contributed by atoms with E-state index >= 15 is 0 Å². The zero-order valence-corrected chi connectivity index (χ0v) is 16.5. The van der Waals surface area contributed by atoms with Gasteiger partial charge in [0, 0.05) is 18.2 Å². The fraction of sp³-hybridized carbons (Fsp3) is 0.115. The molecule has 144 valence electrons. The normalized spacial score (nSPS) is 10.6. The third-order valence-corrected chi connectivity index (χ3v) is 4.93. The van der Waals surface area contributed by atoms with E-state index in [1.165, 1.54) is 16.7 Å². The van der Waals surface area contributed by atoms with Crippen LogP contribution in [0.1, 0.15) is 16.7 Å². The van der Waals surface area contributed by atoms with Gasteiger partial charge in [-0.25, -0.2) is 4.68 Å². The van der Waals surface area contributed by atoms with E-state index in [1.807, 2.05) is 41.1 Å². The van der Waals surface area contributed by atoms with Crippen LogP contribution in [0.3, 0.4) is 0 Å². The Balaban J connectivity index is 1.34. The highest BCUT2D eigenvalue weighted by molar-refractivity contribution is 5.48. The minimum absolute atomic E-state index is 0.777. The van der Waals surface area contributed by atoms with Crippen LogP contribution in [-0.4, -0.2) is 9.78 Å². The molecule has 0 aliphatic heterocycles. The lowest BCUT2D eigenvalue weighted by atomic mass is 10.0. The number of nitrogens with zero attached hydrogens (tertiary/aromatic N) is 2. The van der Waals surface area contributed by atoms with E-state index in [0.717, 1.165) is 36.5 Å². The first-order valence-electron chi connectivity index (χ1n) is 9.94. The number of para-hydroxylation sites is 1. The number of anilines is 1. The van der Waals surface area contributed by atoms with Crippen molar-refractivity contribution >= 4 is 5.82 Å². The number of hydrogen-bond acceptors (Lipinski definition) is 2. The van der Waals surface area contributed by atoms with Crippen molar-refractivity contribution in [2.45, 2.75) is 19.3 Å². The maximum Gasteiger partial charge on any atom is 0.133 e. The second kappa shape index (κ2) is 9.07. The van der Waals surface area contributed by atoms with Crippen LogP contribution in [0.25, 0.3) is 5.69 Å². The van der Waals surface area contributed by atoms with E-state index in [4.69, 9.17) is 0 Å². The van der Waals surface area contributed by atoms with Gasteiger partial charge >= 0.3 is 0 Å². The van der Waals surface area contributed by atoms with E-state index < -0.39 is 0 Å². The molecule has 1 heterocycles. The number of rotatable bonds is 8. The molecule has 0 spiro atoms. The molecule has 0 radical (unpaired) electrons. The summed E-state index contributed by atoms with van der Waals surface area (Å²) in [4.78, 5) is 0. The maximum absolute atomic E-state index is 4.42. The van der Waals surface area contributed by atoms with Crippen molar-refractivity contribution in [3.63, 3.8) is 0 Å². The van der Waals surface area contributed by atoms with Crippen LogP contribution in [0.15, 0.2) is 109 Å². The Kier molecular flexibility index (Phi) is 5.87. The minimum atomic E-state index is 0.777. The Hall–Kier alpha value is -3.59. The molecule has 0 atom stereocenters. The predicted molar refractivity (Wildman–Crippen MR) is 120 cm³/mol. The lowest BCUT2D eigenvalue weighted by molar-refractivity contribution is 0.882. The molecule has 0 amide bonds. The van der Waals surface area contributed by atoms with Crippen molar-refractivity contribution in [2.75, 3.05) is 5.32 Å². The molecule has 0 saturated heterocycles. The number of nitrogens with one attached hydrogen (secondary N) is 1. The third kappa shape index (κ3) is 5.02. The van der Waals surface area contributed by atoms with Crippen molar-refractivity contribution < 1.29 is 0 Å². The molecule has 4 aromatic rings. The van der Waals surface area contributed by atoms with E-state index in [1.54, 1.807) is 6.20 Å². The summed E-state index contributed by atoms with van der Waals surface area (Å²) in [6.07, 6.45) is 4.70. The maximum atomic E-state index is 4.42. The Morgan fingerprint density at radius 2 is 1.31 bits per heavy atom.